The summed E-state index contributed by atoms with van der Waals surface area (Å²) in [7, 11) is 0. The van der Waals surface area contributed by atoms with E-state index in [1.54, 1.807) is 12.1 Å². The normalized spacial score (nSPS) is 10.4. The van der Waals surface area contributed by atoms with Crippen molar-refractivity contribution in [1.29, 1.82) is 0 Å². The predicted octanol–water partition coefficient (Wildman–Crippen LogP) is 2.10. The van der Waals surface area contributed by atoms with Crippen molar-refractivity contribution >= 4 is 5.69 Å². The lowest BCUT2D eigenvalue weighted by molar-refractivity contribution is 0.109. The van der Waals surface area contributed by atoms with Crippen LogP contribution in [0.25, 0.3) is 0 Å². The van der Waals surface area contributed by atoms with E-state index < -0.39 is 0 Å². The fourth-order valence-electron chi connectivity index (χ4n) is 1.47. The summed E-state index contributed by atoms with van der Waals surface area (Å²) in [5.74, 6) is 1.37. The highest BCUT2D eigenvalue weighted by molar-refractivity contribution is 5.56. The minimum Gasteiger partial charge on any atom is -0.491 e. The lowest BCUT2D eigenvalue weighted by Crippen LogP contribution is -2.08. The first kappa shape index (κ1) is 15.6. The van der Waals surface area contributed by atoms with Crippen molar-refractivity contribution in [2.45, 2.75) is 13.8 Å². The Morgan fingerprint density at radius 1 is 0.895 bits per heavy atom. The molecule has 5 nitrogen and oxygen atoms in total. The molecule has 0 fully saturated rings. The summed E-state index contributed by atoms with van der Waals surface area (Å²) in [6.07, 6.45) is 0. The molecule has 1 aromatic carbocycles. The zero-order chi connectivity index (χ0) is 13.9. The number of nitrogens with two attached hydrogens (primary N) is 1. The second-order valence-corrected chi connectivity index (χ2v) is 3.79. The average Bonchev–Trinajstić information content (AvgIpc) is 2.42. The smallest absolute Gasteiger partial charge is 0.142 e. The first-order chi connectivity index (χ1) is 9.27. The van der Waals surface area contributed by atoms with E-state index in [1.165, 1.54) is 0 Å². The highest BCUT2D eigenvalue weighted by atomic mass is 16.5. The quantitative estimate of drug-likeness (QED) is 0.520. The fourth-order valence-corrected chi connectivity index (χ4v) is 1.47. The molecule has 0 bridgehead atoms. The molecule has 0 saturated carbocycles. The minimum atomic E-state index is 0.489. The van der Waals surface area contributed by atoms with Crippen LogP contribution in [0.1, 0.15) is 13.8 Å². The van der Waals surface area contributed by atoms with Crippen LogP contribution >= 0.6 is 0 Å². The Labute approximate surface area is 114 Å². The summed E-state index contributed by atoms with van der Waals surface area (Å²) in [6.45, 7) is 7.41. The Kier molecular flexibility index (Phi) is 7.77. The molecule has 108 valence electrons. The van der Waals surface area contributed by atoms with Gasteiger partial charge in [0.25, 0.3) is 0 Å². The topological polar surface area (TPSA) is 62.9 Å². The molecule has 0 unspecified atom stereocenters. The SMILES string of the molecule is CCOCCOc1ccc(OCCOCC)c(N)c1. The van der Waals surface area contributed by atoms with E-state index in [0.717, 1.165) is 5.75 Å². The van der Waals surface area contributed by atoms with Gasteiger partial charge in [-0.3, -0.25) is 0 Å². The Bertz CT molecular complexity index is 357. The number of benzene rings is 1. The van der Waals surface area contributed by atoms with Crippen molar-refractivity contribution in [1.82, 2.24) is 0 Å². The van der Waals surface area contributed by atoms with Crippen molar-refractivity contribution < 1.29 is 18.9 Å². The number of rotatable bonds is 10. The van der Waals surface area contributed by atoms with Crippen molar-refractivity contribution in [2.75, 3.05) is 45.4 Å². The van der Waals surface area contributed by atoms with Gasteiger partial charge in [-0.2, -0.15) is 0 Å². The molecule has 0 radical (unpaired) electrons. The summed E-state index contributed by atoms with van der Waals surface area (Å²) in [4.78, 5) is 0. The molecule has 0 amide bonds. The van der Waals surface area contributed by atoms with Crippen molar-refractivity contribution in [3.8, 4) is 11.5 Å². The van der Waals surface area contributed by atoms with Gasteiger partial charge in [-0.1, -0.05) is 0 Å². The third-order valence-electron chi connectivity index (χ3n) is 2.37. The van der Waals surface area contributed by atoms with Gasteiger partial charge in [0.05, 0.1) is 18.9 Å². The summed E-state index contributed by atoms with van der Waals surface area (Å²) in [5, 5.41) is 0. The molecule has 0 aliphatic heterocycles. The standard InChI is InChI=1S/C14H23NO4/c1-3-16-7-9-18-12-5-6-14(13(15)11-12)19-10-8-17-4-2/h5-6,11H,3-4,7-10,15H2,1-2H3. The molecule has 0 aliphatic carbocycles. The van der Waals surface area contributed by atoms with Crippen LogP contribution in [0.3, 0.4) is 0 Å². The molecule has 2 N–H and O–H groups in total. The van der Waals surface area contributed by atoms with E-state index in [0.29, 0.717) is 51.1 Å². The van der Waals surface area contributed by atoms with Gasteiger partial charge in [-0.15, -0.1) is 0 Å². The van der Waals surface area contributed by atoms with E-state index >= 15 is 0 Å². The molecule has 0 aromatic heterocycles. The van der Waals surface area contributed by atoms with E-state index in [-0.39, 0.29) is 0 Å². The molecule has 19 heavy (non-hydrogen) atoms. The van der Waals surface area contributed by atoms with Crippen molar-refractivity contribution in [3.05, 3.63) is 18.2 Å². The third-order valence-corrected chi connectivity index (χ3v) is 2.37. The number of ether oxygens (including phenoxy) is 4. The second-order valence-electron chi connectivity index (χ2n) is 3.79. The van der Waals surface area contributed by atoms with Crippen LogP contribution in [-0.4, -0.2) is 39.6 Å². The van der Waals surface area contributed by atoms with Crippen LogP contribution < -0.4 is 15.2 Å². The summed E-state index contributed by atoms with van der Waals surface area (Å²) in [5.41, 5.74) is 6.45. The van der Waals surface area contributed by atoms with Gasteiger partial charge in [-0.25, -0.2) is 0 Å². The molecular weight excluding hydrogens is 246 g/mol. The van der Waals surface area contributed by atoms with E-state index in [2.05, 4.69) is 0 Å². The number of anilines is 1. The van der Waals surface area contributed by atoms with Gasteiger partial charge in [0.1, 0.15) is 24.7 Å². The zero-order valence-electron chi connectivity index (χ0n) is 11.7. The summed E-state index contributed by atoms with van der Waals surface area (Å²) >= 11 is 0. The van der Waals surface area contributed by atoms with Crippen LogP contribution in [0.2, 0.25) is 0 Å². The van der Waals surface area contributed by atoms with Gasteiger partial charge in [0, 0.05) is 19.3 Å². The van der Waals surface area contributed by atoms with Crippen molar-refractivity contribution in [2.24, 2.45) is 0 Å². The molecule has 5 heteroatoms. The molecule has 0 saturated heterocycles. The monoisotopic (exact) mass is 269 g/mol. The first-order valence-electron chi connectivity index (χ1n) is 6.58. The molecule has 0 spiro atoms. The maximum atomic E-state index is 5.89. The van der Waals surface area contributed by atoms with Gasteiger partial charge in [0.15, 0.2) is 0 Å². The van der Waals surface area contributed by atoms with Crippen LogP contribution in [-0.2, 0) is 9.47 Å². The largest absolute Gasteiger partial charge is 0.491 e. The van der Waals surface area contributed by atoms with Gasteiger partial charge >= 0.3 is 0 Å². The Balaban J connectivity index is 2.36. The molecule has 1 aromatic rings. The van der Waals surface area contributed by atoms with E-state index in [9.17, 15) is 0 Å². The molecule has 1 rings (SSSR count). The highest BCUT2D eigenvalue weighted by Crippen LogP contribution is 2.26. The van der Waals surface area contributed by atoms with E-state index in [4.69, 9.17) is 24.7 Å². The zero-order valence-corrected chi connectivity index (χ0v) is 11.7. The van der Waals surface area contributed by atoms with Crippen molar-refractivity contribution in [3.63, 3.8) is 0 Å². The number of nitrogen functional groups attached to an aromatic ring is 1. The molecule has 0 atom stereocenters. The summed E-state index contributed by atoms with van der Waals surface area (Å²) < 4.78 is 21.4. The maximum absolute atomic E-state index is 5.89. The fraction of sp³-hybridized carbons (Fsp3) is 0.571. The Morgan fingerprint density at radius 2 is 1.53 bits per heavy atom. The first-order valence-corrected chi connectivity index (χ1v) is 6.58. The summed E-state index contributed by atoms with van der Waals surface area (Å²) in [6, 6.07) is 5.39. The number of hydrogen-bond acceptors (Lipinski definition) is 5. The minimum absolute atomic E-state index is 0.489. The van der Waals surface area contributed by atoms with Crippen LogP contribution in [0, 0.1) is 0 Å². The van der Waals surface area contributed by atoms with Crippen LogP contribution in [0.5, 0.6) is 11.5 Å². The number of hydrogen-bond donors (Lipinski definition) is 1. The predicted molar refractivity (Wildman–Crippen MR) is 74.8 cm³/mol. The molecule has 0 aliphatic rings. The molecular formula is C14H23NO4. The van der Waals surface area contributed by atoms with Crippen LogP contribution in [0.4, 0.5) is 5.69 Å². The third kappa shape index (κ3) is 6.31. The highest BCUT2D eigenvalue weighted by Gasteiger charge is 2.03. The Hall–Kier alpha value is -1.46. The Morgan fingerprint density at radius 3 is 2.11 bits per heavy atom. The van der Waals surface area contributed by atoms with E-state index in [1.807, 2.05) is 19.9 Å². The second kappa shape index (κ2) is 9.47. The lowest BCUT2D eigenvalue weighted by atomic mass is 10.3. The average molecular weight is 269 g/mol. The molecule has 0 heterocycles. The lowest BCUT2D eigenvalue weighted by Gasteiger charge is -2.11. The van der Waals surface area contributed by atoms with Crippen LogP contribution in [0.15, 0.2) is 18.2 Å². The van der Waals surface area contributed by atoms with Gasteiger partial charge in [0.2, 0.25) is 0 Å². The van der Waals surface area contributed by atoms with Gasteiger partial charge < -0.3 is 24.7 Å². The van der Waals surface area contributed by atoms with Gasteiger partial charge in [-0.05, 0) is 26.0 Å². The maximum Gasteiger partial charge on any atom is 0.142 e.